The molecule has 96 valence electrons. The molecule has 0 bridgehead atoms. The number of sulfone groups is 1. The van der Waals surface area contributed by atoms with Gasteiger partial charge in [-0.15, -0.1) is 0 Å². The topological polar surface area (TPSA) is 73.2 Å². The van der Waals surface area contributed by atoms with Crippen LogP contribution in [0.15, 0.2) is 12.4 Å². The van der Waals surface area contributed by atoms with Crippen LogP contribution in [-0.4, -0.2) is 49.7 Å². The monoisotopic (exact) mass is 259 g/mol. The lowest BCUT2D eigenvalue weighted by Crippen LogP contribution is -2.16. The summed E-state index contributed by atoms with van der Waals surface area (Å²) in [7, 11) is -1.23. The molecule has 1 aliphatic heterocycles. The Labute approximate surface area is 101 Å². The zero-order chi connectivity index (χ0) is 12.3. The summed E-state index contributed by atoms with van der Waals surface area (Å²) in [6.45, 7) is 1.25. The van der Waals surface area contributed by atoms with Crippen molar-refractivity contribution in [3.05, 3.63) is 12.4 Å². The van der Waals surface area contributed by atoms with Gasteiger partial charge in [0.05, 0.1) is 24.2 Å². The van der Waals surface area contributed by atoms with Crippen LogP contribution in [0.2, 0.25) is 0 Å². The molecule has 1 aromatic heterocycles. The van der Waals surface area contributed by atoms with Crippen LogP contribution in [0.3, 0.4) is 0 Å². The van der Waals surface area contributed by atoms with Gasteiger partial charge in [0.25, 0.3) is 0 Å². The fourth-order valence-electron chi connectivity index (χ4n) is 2.00. The van der Waals surface area contributed by atoms with Crippen molar-refractivity contribution in [2.45, 2.75) is 12.5 Å². The Morgan fingerprint density at radius 2 is 2.47 bits per heavy atom. The number of rotatable bonds is 5. The second-order valence-corrected chi connectivity index (χ2v) is 6.36. The van der Waals surface area contributed by atoms with E-state index in [4.69, 9.17) is 4.74 Å². The highest BCUT2D eigenvalue weighted by molar-refractivity contribution is 7.91. The molecule has 0 saturated carbocycles. The summed E-state index contributed by atoms with van der Waals surface area (Å²) in [5.74, 6) is 1.19. The van der Waals surface area contributed by atoms with E-state index < -0.39 is 9.84 Å². The molecule has 0 radical (unpaired) electrons. The van der Waals surface area contributed by atoms with Gasteiger partial charge in [-0.25, -0.2) is 13.4 Å². The van der Waals surface area contributed by atoms with Crippen molar-refractivity contribution >= 4 is 15.8 Å². The average molecular weight is 259 g/mol. The van der Waals surface area contributed by atoms with Gasteiger partial charge in [-0.2, -0.15) is 0 Å². The minimum atomic E-state index is -2.86. The molecule has 1 saturated heterocycles. The normalized spacial score (nSPS) is 22.8. The van der Waals surface area contributed by atoms with E-state index in [2.05, 4.69) is 10.3 Å². The molecule has 1 unspecified atom stereocenters. The highest BCUT2D eigenvalue weighted by Gasteiger charge is 2.30. The first-order chi connectivity index (χ1) is 8.12. The lowest BCUT2D eigenvalue weighted by atomic mass is 10.2. The number of nitrogens with one attached hydrogen (secondary N) is 1. The number of ether oxygens (including phenoxy) is 1. The Hall–Kier alpha value is -1.08. The van der Waals surface area contributed by atoms with Crippen LogP contribution in [-0.2, 0) is 14.6 Å². The SMILES string of the molecule is COCCNc1nccn1C1CCS(=O)(=O)C1. The highest BCUT2D eigenvalue weighted by atomic mass is 32.2. The van der Waals surface area contributed by atoms with Gasteiger partial charge in [-0.05, 0) is 6.42 Å². The quantitative estimate of drug-likeness (QED) is 0.770. The predicted molar refractivity (Wildman–Crippen MR) is 64.9 cm³/mol. The Morgan fingerprint density at radius 3 is 3.12 bits per heavy atom. The lowest BCUT2D eigenvalue weighted by molar-refractivity contribution is 0.210. The number of methoxy groups -OCH3 is 1. The fraction of sp³-hybridized carbons (Fsp3) is 0.700. The van der Waals surface area contributed by atoms with Gasteiger partial charge in [0.1, 0.15) is 0 Å². The second-order valence-electron chi connectivity index (χ2n) is 4.13. The second kappa shape index (κ2) is 5.05. The molecule has 0 aromatic carbocycles. The zero-order valence-electron chi connectivity index (χ0n) is 9.80. The zero-order valence-corrected chi connectivity index (χ0v) is 10.6. The smallest absolute Gasteiger partial charge is 0.203 e. The van der Waals surface area contributed by atoms with Crippen molar-refractivity contribution in [3.8, 4) is 0 Å². The lowest BCUT2D eigenvalue weighted by Gasteiger charge is -2.14. The molecule has 1 atom stereocenters. The summed E-state index contributed by atoms with van der Waals surface area (Å²) in [4.78, 5) is 4.18. The largest absolute Gasteiger partial charge is 0.383 e. The molecule has 7 heteroatoms. The summed E-state index contributed by atoms with van der Waals surface area (Å²) in [6, 6.07) is 0.00699. The third-order valence-corrected chi connectivity index (χ3v) is 4.61. The average Bonchev–Trinajstić information content (AvgIpc) is 2.85. The van der Waals surface area contributed by atoms with Crippen LogP contribution in [0.5, 0.6) is 0 Å². The highest BCUT2D eigenvalue weighted by Crippen LogP contribution is 2.26. The third-order valence-electron chi connectivity index (χ3n) is 2.86. The van der Waals surface area contributed by atoms with Gasteiger partial charge < -0.3 is 14.6 Å². The number of hydrogen-bond donors (Lipinski definition) is 1. The third kappa shape index (κ3) is 2.98. The maximum Gasteiger partial charge on any atom is 0.203 e. The molecule has 1 aliphatic rings. The molecular weight excluding hydrogens is 242 g/mol. The van der Waals surface area contributed by atoms with E-state index in [-0.39, 0.29) is 17.5 Å². The molecular formula is C10H17N3O3S. The number of aromatic nitrogens is 2. The Kier molecular flexibility index (Phi) is 3.68. The van der Waals surface area contributed by atoms with E-state index >= 15 is 0 Å². The minimum absolute atomic E-state index is 0.00699. The van der Waals surface area contributed by atoms with Crippen LogP contribution in [0.4, 0.5) is 5.95 Å². The molecule has 1 N–H and O–H groups in total. The summed E-state index contributed by atoms with van der Waals surface area (Å²) >= 11 is 0. The minimum Gasteiger partial charge on any atom is -0.383 e. The van der Waals surface area contributed by atoms with Crippen molar-refractivity contribution in [1.29, 1.82) is 0 Å². The summed E-state index contributed by atoms with van der Waals surface area (Å²) in [5.41, 5.74) is 0. The molecule has 0 spiro atoms. The van der Waals surface area contributed by atoms with Crippen molar-refractivity contribution in [2.24, 2.45) is 0 Å². The van der Waals surface area contributed by atoms with Crippen molar-refractivity contribution in [3.63, 3.8) is 0 Å². The Morgan fingerprint density at radius 1 is 1.65 bits per heavy atom. The van der Waals surface area contributed by atoms with Crippen LogP contribution >= 0.6 is 0 Å². The van der Waals surface area contributed by atoms with E-state index in [0.717, 1.165) is 0 Å². The van der Waals surface area contributed by atoms with Gasteiger partial charge in [0.2, 0.25) is 5.95 Å². The van der Waals surface area contributed by atoms with Crippen LogP contribution < -0.4 is 5.32 Å². The van der Waals surface area contributed by atoms with Gasteiger partial charge in [0, 0.05) is 26.0 Å². The van der Waals surface area contributed by atoms with E-state index in [0.29, 0.717) is 25.5 Å². The molecule has 6 nitrogen and oxygen atoms in total. The van der Waals surface area contributed by atoms with E-state index in [1.807, 2.05) is 10.8 Å². The molecule has 2 rings (SSSR count). The van der Waals surface area contributed by atoms with Crippen LogP contribution in [0.1, 0.15) is 12.5 Å². The van der Waals surface area contributed by atoms with Gasteiger partial charge in [0.15, 0.2) is 9.84 Å². The molecule has 0 aliphatic carbocycles. The molecule has 1 aromatic rings. The maximum absolute atomic E-state index is 11.4. The molecule has 0 amide bonds. The predicted octanol–water partition coefficient (Wildman–Crippen LogP) is 0.301. The van der Waals surface area contributed by atoms with Crippen molar-refractivity contribution < 1.29 is 13.2 Å². The number of anilines is 1. The Bertz CT molecular complexity index is 469. The van der Waals surface area contributed by atoms with Gasteiger partial charge in [-0.1, -0.05) is 0 Å². The summed E-state index contributed by atoms with van der Waals surface area (Å²) in [5, 5.41) is 3.13. The van der Waals surface area contributed by atoms with Gasteiger partial charge >= 0.3 is 0 Å². The molecule has 2 heterocycles. The van der Waals surface area contributed by atoms with E-state index in [9.17, 15) is 8.42 Å². The first kappa shape index (κ1) is 12.4. The standard InChI is InChI=1S/C10H17N3O3S/c1-16-6-4-12-10-11-3-5-13(10)9-2-7-17(14,15)8-9/h3,5,9H,2,4,6-8H2,1H3,(H,11,12). The summed E-state index contributed by atoms with van der Waals surface area (Å²) < 4.78 is 29.7. The van der Waals surface area contributed by atoms with Crippen molar-refractivity contribution in [1.82, 2.24) is 9.55 Å². The van der Waals surface area contributed by atoms with Crippen LogP contribution in [0, 0.1) is 0 Å². The van der Waals surface area contributed by atoms with Crippen LogP contribution in [0.25, 0.3) is 0 Å². The number of hydrogen-bond acceptors (Lipinski definition) is 5. The number of nitrogens with zero attached hydrogens (tertiary/aromatic N) is 2. The fourth-order valence-corrected chi connectivity index (χ4v) is 3.72. The molecule has 1 fully saturated rings. The van der Waals surface area contributed by atoms with Gasteiger partial charge in [-0.3, -0.25) is 0 Å². The summed E-state index contributed by atoms with van der Waals surface area (Å²) in [6.07, 6.45) is 4.17. The maximum atomic E-state index is 11.4. The number of imidazole rings is 1. The Balaban J connectivity index is 2.04. The van der Waals surface area contributed by atoms with E-state index in [1.54, 1.807) is 13.3 Å². The first-order valence-corrected chi connectivity index (χ1v) is 7.40. The molecule has 17 heavy (non-hydrogen) atoms. The van der Waals surface area contributed by atoms with E-state index in [1.165, 1.54) is 0 Å². The van der Waals surface area contributed by atoms with Crippen molar-refractivity contribution in [2.75, 3.05) is 37.1 Å². The first-order valence-electron chi connectivity index (χ1n) is 5.58.